The normalized spacial score (nSPS) is 11.1. The molecule has 15 heteroatoms. The van der Waals surface area contributed by atoms with Crippen molar-refractivity contribution in [2.45, 2.75) is 85.0 Å². The highest BCUT2D eigenvalue weighted by atomic mass is 16.5. The zero-order valence-electron chi connectivity index (χ0n) is 48.1. The second-order valence-corrected chi connectivity index (χ2v) is 19.9. The van der Waals surface area contributed by atoms with Crippen LogP contribution in [0.2, 0.25) is 0 Å². The highest BCUT2D eigenvalue weighted by Gasteiger charge is 2.15. The number of azo groups is 3. The maximum absolute atomic E-state index is 13.1. The molecule has 0 N–H and O–H groups in total. The summed E-state index contributed by atoms with van der Waals surface area (Å²) in [6, 6.07) is 51.9. The number of nitrogens with zero attached hydrogens (tertiary/aromatic N) is 6. The number of hydrogen-bond donors (Lipinski definition) is 0. The quantitative estimate of drug-likeness (QED) is 0.0159. The van der Waals surface area contributed by atoms with E-state index in [1.807, 2.05) is 140 Å². The molecule has 0 amide bonds. The van der Waals surface area contributed by atoms with Crippen molar-refractivity contribution in [3.63, 3.8) is 0 Å². The number of fused-ring (bicyclic) bond motifs is 2. The maximum Gasteiger partial charge on any atom is 0.343 e. The van der Waals surface area contributed by atoms with E-state index in [9.17, 15) is 19.2 Å². The first kappa shape index (κ1) is 61.9. The van der Waals surface area contributed by atoms with Gasteiger partial charge in [-0.3, -0.25) is 0 Å². The van der Waals surface area contributed by atoms with Gasteiger partial charge in [0, 0.05) is 34.4 Å². The van der Waals surface area contributed by atoms with E-state index in [-0.39, 0.29) is 17.9 Å². The molecule has 8 rings (SSSR count). The molecule has 0 atom stereocenters. The summed E-state index contributed by atoms with van der Waals surface area (Å²) < 4.78 is 27.5. The van der Waals surface area contributed by atoms with Gasteiger partial charge in [-0.05, 0) is 185 Å². The molecule has 0 fully saturated rings. The summed E-state index contributed by atoms with van der Waals surface area (Å²) in [4.78, 5) is 48.4. The Hall–Kier alpha value is -9.76. The van der Waals surface area contributed by atoms with Crippen molar-refractivity contribution in [1.29, 1.82) is 0 Å². The minimum atomic E-state index is -0.481. The third kappa shape index (κ3) is 19.5. The Kier molecular flexibility index (Phi) is 24.0. The van der Waals surface area contributed by atoms with Gasteiger partial charge in [0.2, 0.25) is 0 Å². The van der Waals surface area contributed by atoms with Crippen LogP contribution in [-0.4, -0.2) is 50.7 Å². The first-order chi connectivity index (χ1) is 40.8. The van der Waals surface area contributed by atoms with E-state index in [0.29, 0.717) is 82.1 Å². The topological polar surface area (TPSA) is 189 Å². The highest BCUT2D eigenvalue weighted by molar-refractivity contribution is 6.00. The lowest BCUT2D eigenvalue weighted by Crippen LogP contribution is -2.09. The first-order valence-electron chi connectivity index (χ1n) is 28.1. The van der Waals surface area contributed by atoms with Gasteiger partial charge in [-0.25, -0.2) is 19.2 Å². The van der Waals surface area contributed by atoms with Crippen LogP contribution in [0.1, 0.15) is 103 Å². The fraction of sp³-hybridized carbons (Fsp3) is 0.246. The van der Waals surface area contributed by atoms with Crippen LogP contribution in [0.4, 0.5) is 28.4 Å². The van der Waals surface area contributed by atoms with Gasteiger partial charge >= 0.3 is 23.9 Å². The van der Waals surface area contributed by atoms with Crippen LogP contribution >= 0.6 is 0 Å². The number of aryl methyl sites for hydroxylation is 2. The predicted molar refractivity (Wildman–Crippen MR) is 329 cm³/mol. The molecule has 0 radical (unpaired) electrons. The molecule has 0 bridgehead atoms. The lowest BCUT2D eigenvalue weighted by molar-refractivity contribution is -0.139. The lowest BCUT2D eigenvalue weighted by atomic mass is 10.0. The third-order valence-corrected chi connectivity index (χ3v) is 13.2. The maximum atomic E-state index is 13.1. The zero-order valence-corrected chi connectivity index (χ0v) is 48.1. The molecule has 8 aromatic rings. The van der Waals surface area contributed by atoms with E-state index in [4.69, 9.17) is 23.7 Å². The number of carbonyl (C=O) groups excluding carboxylic acids is 4. The van der Waals surface area contributed by atoms with E-state index >= 15 is 0 Å². The zero-order chi connectivity index (χ0) is 59.5. The van der Waals surface area contributed by atoms with Crippen molar-refractivity contribution in [3.8, 4) is 17.2 Å². The first-order valence-corrected chi connectivity index (χ1v) is 28.1. The van der Waals surface area contributed by atoms with Crippen LogP contribution < -0.4 is 14.2 Å². The van der Waals surface area contributed by atoms with Crippen molar-refractivity contribution in [2.75, 3.05) is 26.9 Å². The monoisotopic (exact) mass is 1130 g/mol. The molecular formula is C69H70N6O9. The Bertz CT molecular complexity index is 3610. The van der Waals surface area contributed by atoms with Crippen LogP contribution in [-0.2, 0) is 25.5 Å². The van der Waals surface area contributed by atoms with Gasteiger partial charge in [-0.15, -0.1) is 5.11 Å². The molecule has 0 saturated heterocycles. The molecular weight excluding hydrogens is 1060 g/mol. The van der Waals surface area contributed by atoms with Gasteiger partial charge in [0.05, 0.1) is 59.4 Å². The van der Waals surface area contributed by atoms with Crippen molar-refractivity contribution >= 4 is 73.9 Å². The van der Waals surface area contributed by atoms with Crippen molar-refractivity contribution < 1.29 is 42.9 Å². The van der Waals surface area contributed by atoms with Gasteiger partial charge in [0.25, 0.3) is 0 Å². The Balaban J connectivity index is 0.000000265. The van der Waals surface area contributed by atoms with Crippen molar-refractivity contribution in [3.05, 3.63) is 216 Å². The van der Waals surface area contributed by atoms with E-state index < -0.39 is 5.97 Å². The number of benzene rings is 8. The van der Waals surface area contributed by atoms with E-state index in [1.165, 1.54) is 5.56 Å². The van der Waals surface area contributed by atoms with Crippen LogP contribution in [0.5, 0.6) is 17.2 Å². The number of hydrogen-bond acceptors (Lipinski definition) is 15. The summed E-state index contributed by atoms with van der Waals surface area (Å²) in [5.74, 6) is 0.185. The number of rotatable bonds is 27. The molecule has 0 aliphatic heterocycles. The number of unbranched alkanes of at least 4 members (excludes halogenated alkanes) is 7. The summed E-state index contributed by atoms with van der Waals surface area (Å²) in [7, 11) is 1.62. The van der Waals surface area contributed by atoms with E-state index in [0.717, 1.165) is 97.0 Å². The summed E-state index contributed by atoms with van der Waals surface area (Å²) in [5.41, 5.74) is 7.58. The highest BCUT2D eigenvalue weighted by Crippen LogP contribution is 2.35. The molecule has 15 nitrogen and oxygen atoms in total. The predicted octanol–water partition coefficient (Wildman–Crippen LogP) is 18.6. The van der Waals surface area contributed by atoms with Gasteiger partial charge in [-0.1, -0.05) is 99.2 Å². The fourth-order valence-corrected chi connectivity index (χ4v) is 8.55. The second-order valence-electron chi connectivity index (χ2n) is 19.9. The summed E-state index contributed by atoms with van der Waals surface area (Å²) in [6.07, 6.45) is 9.77. The number of ether oxygens (including phenoxy) is 5. The molecule has 0 saturated carbocycles. The van der Waals surface area contributed by atoms with Crippen LogP contribution in [0, 0.1) is 6.92 Å². The molecule has 8 aromatic carbocycles. The average molecular weight is 1130 g/mol. The Morgan fingerprint density at radius 2 is 0.833 bits per heavy atom. The smallest absolute Gasteiger partial charge is 0.343 e. The summed E-state index contributed by atoms with van der Waals surface area (Å²) >= 11 is 0. The molecule has 0 spiro atoms. The van der Waals surface area contributed by atoms with Gasteiger partial charge in [0.15, 0.2) is 0 Å². The summed E-state index contributed by atoms with van der Waals surface area (Å²) in [5, 5.41) is 28.7. The molecule has 0 aliphatic carbocycles. The number of esters is 4. The lowest BCUT2D eigenvalue weighted by Gasteiger charge is -2.10. The molecule has 430 valence electrons. The molecule has 84 heavy (non-hydrogen) atoms. The second kappa shape index (κ2) is 32.6. The minimum absolute atomic E-state index is 0.311. The largest absolute Gasteiger partial charge is 0.494 e. The Labute approximate surface area is 490 Å². The third-order valence-electron chi connectivity index (χ3n) is 13.2. The van der Waals surface area contributed by atoms with Crippen molar-refractivity contribution in [1.82, 2.24) is 0 Å². The summed E-state index contributed by atoms with van der Waals surface area (Å²) in [6.45, 7) is 13.9. The van der Waals surface area contributed by atoms with E-state index in [2.05, 4.69) is 43.8 Å². The van der Waals surface area contributed by atoms with Gasteiger partial charge in [0.1, 0.15) is 17.2 Å². The number of carbonyl (C=O) groups is 4. The molecule has 0 aromatic heterocycles. The van der Waals surface area contributed by atoms with Crippen LogP contribution in [0.25, 0.3) is 21.5 Å². The van der Waals surface area contributed by atoms with Crippen LogP contribution in [0.3, 0.4) is 0 Å². The average Bonchev–Trinajstić information content (AvgIpc) is 2.68. The van der Waals surface area contributed by atoms with Crippen LogP contribution in [0.15, 0.2) is 225 Å². The van der Waals surface area contributed by atoms with Gasteiger partial charge < -0.3 is 23.7 Å². The minimum Gasteiger partial charge on any atom is -0.494 e. The SMILES string of the molecule is C=C(C)C(=O)OCCCCCCCc1ccc(C(=O)Oc2ccc(C)c3ccccc23)cc1.C=C(C)C(=O)OCCCCCCOc1ccc(C(=O)Oc2ccc(N=Nc3ccc(N=Nc4ccc(N=NC)cc4)cc3)c3ccccc23)cc1. The van der Waals surface area contributed by atoms with E-state index in [1.54, 1.807) is 57.3 Å². The molecule has 0 heterocycles. The molecule has 0 aliphatic rings. The van der Waals surface area contributed by atoms with Crippen molar-refractivity contribution in [2.24, 2.45) is 30.7 Å². The van der Waals surface area contributed by atoms with Gasteiger partial charge in [-0.2, -0.15) is 25.6 Å². The Morgan fingerprint density at radius 3 is 1.35 bits per heavy atom. The standard InChI is InChI=1S/C40H38N6O5.C29H32O4/c1-28(2)39(47)50-27-9-5-4-8-26-49-34-22-12-29(13-23-34)40(48)51-38-25-24-37(35-10-6-7-11-36(35)38)46-45-33-20-18-32(19-21-33)44-43-31-16-14-30(15-17-31)42-41-3;1-21(2)28(30)32-20-10-6-4-5-7-11-23-15-17-24(18-16-23)29(31)33-27-19-14-22(3)25-12-8-9-13-26(25)27/h6-7,10-25H,1,4-5,8-9,26-27H2,2-3H3;8-9,12-19H,1,4-7,10-11,20H2,2-3H3. The fourth-order valence-electron chi connectivity index (χ4n) is 8.55. The molecule has 0 unspecified atom stereocenters. The Morgan fingerprint density at radius 1 is 0.417 bits per heavy atom.